The monoisotopic (exact) mass is 250 g/mol. The summed E-state index contributed by atoms with van der Waals surface area (Å²) < 4.78 is 4.52. The number of nitrogens with one attached hydrogen (secondary N) is 1. The summed E-state index contributed by atoms with van der Waals surface area (Å²) >= 11 is 0. The molecule has 0 aliphatic carbocycles. The standard InChI is InChI=1S/C13H18N2O3/c1-9(13(17)18-2)15-12(16)7-6-10-4-3-5-11(14)8-10/h3-5,8-9H,6-7,14H2,1-2H3,(H,15,16). The van der Waals surface area contributed by atoms with E-state index in [9.17, 15) is 9.59 Å². The molecule has 3 N–H and O–H groups in total. The molecule has 0 aromatic heterocycles. The maximum absolute atomic E-state index is 11.6. The summed E-state index contributed by atoms with van der Waals surface area (Å²) in [4.78, 5) is 22.7. The molecule has 0 saturated heterocycles. The van der Waals surface area contributed by atoms with Gasteiger partial charge in [0, 0.05) is 12.1 Å². The van der Waals surface area contributed by atoms with Gasteiger partial charge in [-0.15, -0.1) is 0 Å². The van der Waals surface area contributed by atoms with Crippen LogP contribution < -0.4 is 11.1 Å². The lowest BCUT2D eigenvalue weighted by Gasteiger charge is -2.11. The highest BCUT2D eigenvalue weighted by Crippen LogP contribution is 2.08. The van der Waals surface area contributed by atoms with Crippen LogP contribution in [0.5, 0.6) is 0 Å². The number of methoxy groups -OCH3 is 1. The Hall–Kier alpha value is -2.04. The van der Waals surface area contributed by atoms with Gasteiger partial charge in [-0.25, -0.2) is 4.79 Å². The van der Waals surface area contributed by atoms with E-state index in [4.69, 9.17) is 5.73 Å². The molecule has 0 heterocycles. The lowest BCUT2D eigenvalue weighted by molar-refractivity contribution is -0.144. The zero-order valence-electron chi connectivity index (χ0n) is 10.6. The van der Waals surface area contributed by atoms with Crippen molar-refractivity contribution < 1.29 is 14.3 Å². The van der Waals surface area contributed by atoms with E-state index in [2.05, 4.69) is 10.1 Å². The van der Waals surface area contributed by atoms with Gasteiger partial charge in [0.15, 0.2) is 0 Å². The largest absolute Gasteiger partial charge is 0.467 e. The van der Waals surface area contributed by atoms with E-state index in [-0.39, 0.29) is 5.91 Å². The number of anilines is 1. The lowest BCUT2D eigenvalue weighted by Crippen LogP contribution is -2.39. The van der Waals surface area contributed by atoms with E-state index in [1.807, 2.05) is 18.2 Å². The Morgan fingerprint density at radius 3 is 2.78 bits per heavy atom. The highest BCUT2D eigenvalue weighted by Gasteiger charge is 2.15. The molecule has 1 atom stereocenters. The summed E-state index contributed by atoms with van der Waals surface area (Å²) in [5.41, 5.74) is 7.31. The highest BCUT2D eigenvalue weighted by molar-refractivity contribution is 5.84. The predicted molar refractivity (Wildman–Crippen MR) is 68.8 cm³/mol. The highest BCUT2D eigenvalue weighted by atomic mass is 16.5. The number of carbonyl (C=O) groups excluding carboxylic acids is 2. The van der Waals surface area contributed by atoms with Gasteiger partial charge in [-0.3, -0.25) is 4.79 Å². The Bertz CT molecular complexity index is 432. The van der Waals surface area contributed by atoms with Crippen molar-refractivity contribution in [3.63, 3.8) is 0 Å². The van der Waals surface area contributed by atoms with Gasteiger partial charge < -0.3 is 15.8 Å². The predicted octanol–water partition coefficient (Wildman–Crippen LogP) is 0.879. The molecule has 1 aromatic carbocycles. The summed E-state index contributed by atoms with van der Waals surface area (Å²) in [6.45, 7) is 1.59. The molecule has 1 amide bonds. The molecule has 0 aliphatic rings. The van der Waals surface area contributed by atoms with Crippen LogP contribution in [0.2, 0.25) is 0 Å². The molecule has 18 heavy (non-hydrogen) atoms. The Morgan fingerprint density at radius 1 is 1.44 bits per heavy atom. The molecule has 0 bridgehead atoms. The Balaban J connectivity index is 2.40. The van der Waals surface area contributed by atoms with Crippen molar-refractivity contribution in [1.29, 1.82) is 0 Å². The molecule has 0 radical (unpaired) electrons. The molecule has 98 valence electrons. The van der Waals surface area contributed by atoms with Gasteiger partial charge in [-0.1, -0.05) is 12.1 Å². The van der Waals surface area contributed by atoms with Crippen LogP contribution in [0.3, 0.4) is 0 Å². The molecule has 0 saturated carbocycles. The Kier molecular flexibility index (Phi) is 5.17. The zero-order valence-corrected chi connectivity index (χ0v) is 10.6. The molecule has 1 rings (SSSR count). The van der Waals surface area contributed by atoms with Crippen LogP contribution >= 0.6 is 0 Å². The second kappa shape index (κ2) is 6.64. The van der Waals surface area contributed by atoms with Gasteiger partial charge in [0.1, 0.15) is 6.04 Å². The first-order chi connectivity index (χ1) is 8.52. The van der Waals surface area contributed by atoms with Gasteiger partial charge in [0.25, 0.3) is 0 Å². The van der Waals surface area contributed by atoms with Crippen LogP contribution in [0.25, 0.3) is 0 Å². The Labute approximate surface area is 106 Å². The van der Waals surface area contributed by atoms with Crippen LogP contribution in [0.1, 0.15) is 18.9 Å². The van der Waals surface area contributed by atoms with E-state index < -0.39 is 12.0 Å². The summed E-state index contributed by atoms with van der Waals surface area (Å²) in [6.07, 6.45) is 0.898. The first-order valence-electron chi connectivity index (χ1n) is 5.74. The number of rotatable bonds is 5. The first-order valence-corrected chi connectivity index (χ1v) is 5.74. The molecular weight excluding hydrogens is 232 g/mol. The molecule has 0 aliphatic heterocycles. The lowest BCUT2D eigenvalue weighted by atomic mass is 10.1. The quantitative estimate of drug-likeness (QED) is 0.600. The number of hydrogen-bond acceptors (Lipinski definition) is 4. The maximum atomic E-state index is 11.6. The minimum absolute atomic E-state index is 0.185. The normalized spacial score (nSPS) is 11.7. The summed E-state index contributed by atoms with van der Waals surface area (Å²) in [5, 5.41) is 2.57. The van der Waals surface area contributed by atoms with Crippen molar-refractivity contribution in [2.45, 2.75) is 25.8 Å². The maximum Gasteiger partial charge on any atom is 0.328 e. The van der Waals surface area contributed by atoms with E-state index in [1.165, 1.54) is 7.11 Å². The first kappa shape index (κ1) is 14.0. The SMILES string of the molecule is COC(=O)C(C)NC(=O)CCc1cccc(N)c1. The summed E-state index contributed by atoms with van der Waals surface area (Å²) in [5.74, 6) is -0.636. The fourth-order valence-corrected chi connectivity index (χ4v) is 1.56. The third-order valence-corrected chi connectivity index (χ3v) is 2.52. The number of esters is 1. The van der Waals surface area contributed by atoms with Crippen LogP contribution in [-0.2, 0) is 20.7 Å². The average Bonchev–Trinajstić information content (AvgIpc) is 2.35. The molecular formula is C13H18N2O3. The number of aryl methyl sites for hydroxylation is 1. The van der Waals surface area contributed by atoms with Gasteiger partial charge in [0.2, 0.25) is 5.91 Å². The number of nitrogen functional groups attached to an aromatic ring is 1. The molecule has 1 aromatic rings. The van der Waals surface area contributed by atoms with Gasteiger partial charge >= 0.3 is 5.97 Å². The zero-order chi connectivity index (χ0) is 13.5. The second-order valence-corrected chi connectivity index (χ2v) is 4.06. The van der Waals surface area contributed by atoms with Crippen LogP contribution in [0, 0.1) is 0 Å². The van der Waals surface area contributed by atoms with Crippen molar-refractivity contribution in [2.75, 3.05) is 12.8 Å². The fraction of sp³-hybridized carbons (Fsp3) is 0.385. The third-order valence-electron chi connectivity index (χ3n) is 2.52. The number of hydrogen-bond donors (Lipinski definition) is 2. The summed E-state index contributed by atoms with van der Waals surface area (Å²) in [6, 6.07) is 6.76. The molecule has 0 spiro atoms. The van der Waals surface area contributed by atoms with E-state index >= 15 is 0 Å². The van der Waals surface area contributed by atoms with Crippen LogP contribution in [0.15, 0.2) is 24.3 Å². The minimum Gasteiger partial charge on any atom is -0.467 e. The van der Waals surface area contributed by atoms with Gasteiger partial charge in [-0.2, -0.15) is 0 Å². The van der Waals surface area contributed by atoms with E-state index in [0.29, 0.717) is 18.5 Å². The third kappa shape index (κ3) is 4.45. The van der Waals surface area contributed by atoms with Crippen molar-refractivity contribution in [3.8, 4) is 0 Å². The Morgan fingerprint density at radius 2 is 2.17 bits per heavy atom. The number of nitrogens with two attached hydrogens (primary N) is 1. The molecule has 0 fully saturated rings. The molecule has 1 unspecified atom stereocenters. The van der Waals surface area contributed by atoms with E-state index in [0.717, 1.165) is 5.56 Å². The average molecular weight is 250 g/mol. The topological polar surface area (TPSA) is 81.4 Å². The van der Waals surface area contributed by atoms with Gasteiger partial charge in [0.05, 0.1) is 7.11 Å². The fourth-order valence-electron chi connectivity index (χ4n) is 1.56. The number of carbonyl (C=O) groups is 2. The number of amides is 1. The summed E-state index contributed by atoms with van der Waals surface area (Å²) in [7, 11) is 1.29. The van der Waals surface area contributed by atoms with Crippen molar-refractivity contribution in [2.24, 2.45) is 0 Å². The van der Waals surface area contributed by atoms with Gasteiger partial charge in [-0.05, 0) is 31.0 Å². The van der Waals surface area contributed by atoms with Crippen molar-refractivity contribution >= 4 is 17.6 Å². The smallest absolute Gasteiger partial charge is 0.328 e. The van der Waals surface area contributed by atoms with Crippen LogP contribution in [0.4, 0.5) is 5.69 Å². The molecule has 5 heteroatoms. The molecule has 5 nitrogen and oxygen atoms in total. The van der Waals surface area contributed by atoms with Crippen molar-refractivity contribution in [1.82, 2.24) is 5.32 Å². The number of benzene rings is 1. The number of ether oxygens (including phenoxy) is 1. The van der Waals surface area contributed by atoms with Crippen LogP contribution in [-0.4, -0.2) is 25.0 Å². The van der Waals surface area contributed by atoms with Crippen molar-refractivity contribution in [3.05, 3.63) is 29.8 Å². The second-order valence-electron chi connectivity index (χ2n) is 4.06. The minimum atomic E-state index is -0.622. The van der Waals surface area contributed by atoms with E-state index in [1.54, 1.807) is 13.0 Å².